The lowest BCUT2D eigenvalue weighted by atomic mass is 10.1. The Balaban J connectivity index is 1.70. The smallest absolute Gasteiger partial charge is 0.228 e. The summed E-state index contributed by atoms with van der Waals surface area (Å²) in [4.78, 5) is 12.1. The summed E-state index contributed by atoms with van der Waals surface area (Å²) in [6.45, 7) is 4.07. The van der Waals surface area contributed by atoms with Gasteiger partial charge in [0.1, 0.15) is 11.6 Å². The maximum atomic E-state index is 13.6. The van der Waals surface area contributed by atoms with E-state index >= 15 is 0 Å². The van der Waals surface area contributed by atoms with Crippen molar-refractivity contribution in [2.75, 3.05) is 5.32 Å². The third kappa shape index (κ3) is 3.76. The fraction of sp³-hybridized carbons (Fsp3) is 0.150. The van der Waals surface area contributed by atoms with Crippen molar-refractivity contribution in [1.82, 2.24) is 4.57 Å². The summed E-state index contributed by atoms with van der Waals surface area (Å²) in [6.07, 6.45) is 0.112. The van der Waals surface area contributed by atoms with Crippen LogP contribution < -0.4 is 5.32 Å². The van der Waals surface area contributed by atoms with Gasteiger partial charge >= 0.3 is 0 Å². The molecule has 0 fully saturated rings. The van der Waals surface area contributed by atoms with Crippen molar-refractivity contribution in [3.05, 3.63) is 83.2 Å². The highest BCUT2D eigenvalue weighted by atomic mass is 19.1. The highest BCUT2D eigenvalue weighted by Crippen LogP contribution is 2.18. The SMILES string of the molecule is Cc1ccc(C)n1-c1ccc(CC(=O)Nc2ccc(F)cc2F)cc1. The van der Waals surface area contributed by atoms with Crippen LogP contribution in [0.3, 0.4) is 0 Å². The molecule has 0 saturated carbocycles. The third-order valence-corrected chi connectivity index (χ3v) is 4.04. The number of rotatable bonds is 4. The normalized spacial score (nSPS) is 10.7. The zero-order valence-corrected chi connectivity index (χ0v) is 14.0. The van der Waals surface area contributed by atoms with Gasteiger partial charge in [-0.2, -0.15) is 0 Å². The van der Waals surface area contributed by atoms with Crippen molar-refractivity contribution in [2.24, 2.45) is 0 Å². The molecule has 3 rings (SSSR count). The molecule has 1 N–H and O–H groups in total. The van der Waals surface area contributed by atoms with Crippen molar-refractivity contribution in [1.29, 1.82) is 0 Å². The standard InChI is InChI=1S/C20H18F2N2O/c1-13-3-4-14(2)24(13)17-8-5-15(6-9-17)11-20(25)23-19-10-7-16(21)12-18(19)22/h3-10,12H,11H2,1-2H3,(H,23,25). The number of carbonyl (C=O) groups excluding carboxylic acids is 1. The minimum absolute atomic E-state index is 0.0263. The van der Waals surface area contributed by atoms with Gasteiger partial charge in [-0.1, -0.05) is 12.1 Å². The summed E-state index contributed by atoms with van der Waals surface area (Å²) in [6, 6.07) is 14.8. The van der Waals surface area contributed by atoms with Crippen LogP contribution in [0.2, 0.25) is 0 Å². The van der Waals surface area contributed by atoms with E-state index in [-0.39, 0.29) is 18.0 Å². The van der Waals surface area contributed by atoms with E-state index in [0.29, 0.717) is 0 Å². The Labute approximate surface area is 144 Å². The number of halogens is 2. The van der Waals surface area contributed by atoms with Gasteiger partial charge in [0.25, 0.3) is 0 Å². The van der Waals surface area contributed by atoms with Gasteiger partial charge in [-0.05, 0) is 55.8 Å². The first kappa shape index (κ1) is 16.9. The molecule has 5 heteroatoms. The van der Waals surface area contributed by atoms with Crippen LogP contribution in [-0.2, 0) is 11.2 Å². The molecule has 0 aliphatic heterocycles. The first-order valence-electron chi connectivity index (χ1n) is 7.93. The Morgan fingerprint density at radius 1 is 0.960 bits per heavy atom. The molecule has 0 atom stereocenters. The largest absolute Gasteiger partial charge is 0.323 e. The van der Waals surface area contributed by atoms with Gasteiger partial charge in [0.2, 0.25) is 5.91 Å². The van der Waals surface area contributed by atoms with E-state index in [1.165, 1.54) is 6.07 Å². The molecular weight excluding hydrogens is 322 g/mol. The van der Waals surface area contributed by atoms with Gasteiger partial charge in [0.15, 0.2) is 0 Å². The lowest BCUT2D eigenvalue weighted by Crippen LogP contribution is -2.15. The number of hydrogen-bond acceptors (Lipinski definition) is 1. The van der Waals surface area contributed by atoms with E-state index in [4.69, 9.17) is 0 Å². The van der Waals surface area contributed by atoms with Crippen LogP contribution in [0.1, 0.15) is 17.0 Å². The van der Waals surface area contributed by atoms with Crippen molar-refractivity contribution < 1.29 is 13.6 Å². The molecule has 1 aromatic heterocycles. The molecule has 0 bridgehead atoms. The second kappa shape index (κ2) is 6.89. The Morgan fingerprint density at radius 2 is 1.60 bits per heavy atom. The van der Waals surface area contributed by atoms with E-state index in [1.807, 2.05) is 50.2 Å². The molecule has 0 aliphatic carbocycles. The lowest BCUT2D eigenvalue weighted by molar-refractivity contribution is -0.115. The molecule has 0 unspecified atom stereocenters. The number of aromatic nitrogens is 1. The summed E-state index contributed by atoms with van der Waals surface area (Å²) < 4.78 is 28.6. The van der Waals surface area contributed by atoms with E-state index in [1.54, 1.807) is 0 Å². The average molecular weight is 340 g/mol. The van der Waals surface area contributed by atoms with Gasteiger partial charge in [-0.15, -0.1) is 0 Å². The number of nitrogens with zero attached hydrogens (tertiary/aromatic N) is 1. The van der Waals surface area contributed by atoms with Crippen molar-refractivity contribution in [2.45, 2.75) is 20.3 Å². The molecule has 1 amide bonds. The molecule has 1 heterocycles. The van der Waals surface area contributed by atoms with E-state index in [2.05, 4.69) is 9.88 Å². The van der Waals surface area contributed by atoms with Crippen LogP contribution >= 0.6 is 0 Å². The number of aryl methyl sites for hydroxylation is 2. The molecular formula is C20H18F2N2O. The highest BCUT2D eigenvalue weighted by Gasteiger charge is 2.09. The first-order chi connectivity index (χ1) is 11.9. The van der Waals surface area contributed by atoms with Crippen molar-refractivity contribution in [3.63, 3.8) is 0 Å². The summed E-state index contributed by atoms with van der Waals surface area (Å²) in [5.74, 6) is -1.82. The molecule has 0 aliphatic rings. The summed E-state index contributed by atoms with van der Waals surface area (Å²) in [5.41, 5.74) is 4.08. The minimum Gasteiger partial charge on any atom is -0.323 e. The third-order valence-electron chi connectivity index (χ3n) is 4.04. The second-order valence-electron chi connectivity index (χ2n) is 5.97. The Bertz CT molecular complexity index is 894. The van der Waals surface area contributed by atoms with Crippen LogP contribution in [-0.4, -0.2) is 10.5 Å². The fourth-order valence-electron chi connectivity index (χ4n) is 2.81. The predicted molar refractivity (Wildman–Crippen MR) is 93.9 cm³/mol. The van der Waals surface area contributed by atoms with Gasteiger partial charge in [0, 0.05) is 23.1 Å². The summed E-state index contributed by atoms with van der Waals surface area (Å²) in [7, 11) is 0. The number of carbonyl (C=O) groups is 1. The number of benzene rings is 2. The number of hydrogen-bond donors (Lipinski definition) is 1. The molecule has 0 spiro atoms. The molecule has 25 heavy (non-hydrogen) atoms. The van der Waals surface area contributed by atoms with Crippen molar-refractivity contribution in [3.8, 4) is 5.69 Å². The maximum absolute atomic E-state index is 13.6. The van der Waals surface area contributed by atoms with E-state index in [9.17, 15) is 13.6 Å². The van der Waals surface area contributed by atoms with Gasteiger partial charge < -0.3 is 9.88 Å². The first-order valence-corrected chi connectivity index (χ1v) is 7.93. The zero-order valence-electron chi connectivity index (χ0n) is 14.0. The quantitative estimate of drug-likeness (QED) is 0.742. The van der Waals surface area contributed by atoms with Gasteiger partial charge in [-0.25, -0.2) is 8.78 Å². The van der Waals surface area contributed by atoms with Gasteiger partial charge in [-0.3, -0.25) is 4.79 Å². The highest BCUT2D eigenvalue weighted by molar-refractivity contribution is 5.92. The summed E-state index contributed by atoms with van der Waals surface area (Å²) in [5, 5.41) is 2.46. The summed E-state index contributed by atoms with van der Waals surface area (Å²) >= 11 is 0. The predicted octanol–water partition coefficient (Wildman–Crippen LogP) is 4.55. The van der Waals surface area contributed by atoms with Crippen LogP contribution in [0.15, 0.2) is 54.6 Å². The molecule has 3 aromatic rings. The molecule has 128 valence electrons. The topological polar surface area (TPSA) is 34.0 Å². The number of amides is 1. The Hall–Kier alpha value is -2.95. The number of nitrogens with one attached hydrogen (secondary N) is 1. The molecule has 0 saturated heterocycles. The second-order valence-corrected chi connectivity index (χ2v) is 5.97. The minimum atomic E-state index is -0.790. The molecule has 3 nitrogen and oxygen atoms in total. The fourth-order valence-corrected chi connectivity index (χ4v) is 2.81. The molecule has 2 aromatic carbocycles. The Kier molecular flexibility index (Phi) is 4.65. The molecule has 0 radical (unpaired) electrons. The van der Waals surface area contributed by atoms with Crippen LogP contribution in [0, 0.1) is 25.5 Å². The van der Waals surface area contributed by atoms with Crippen LogP contribution in [0.5, 0.6) is 0 Å². The van der Waals surface area contributed by atoms with Crippen LogP contribution in [0.4, 0.5) is 14.5 Å². The van der Waals surface area contributed by atoms with E-state index < -0.39 is 11.6 Å². The number of anilines is 1. The lowest BCUT2D eigenvalue weighted by Gasteiger charge is -2.11. The van der Waals surface area contributed by atoms with Crippen LogP contribution in [0.25, 0.3) is 5.69 Å². The van der Waals surface area contributed by atoms with Crippen molar-refractivity contribution >= 4 is 11.6 Å². The maximum Gasteiger partial charge on any atom is 0.228 e. The monoisotopic (exact) mass is 340 g/mol. The van der Waals surface area contributed by atoms with E-state index in [0.717, 1.165) is 34.8 Å². The van der Waals surface area contributed by atoms with Gasteiger partial charge in [0.05, 0.1) is 12.1 Å². The average Bonchev–Trinajstić information content (AvgIpc) is 2.90. The Morgan fingerprint density at radius 3 is 2.20 bits per heavy atom. The zero-order chi connectivity index (χ0) is 18.0.